The molecule has 9 nitrogen and oxygen atoms in total. The lowest BCUT2D eigenvalue weighted by Crippen LogP contribution is -2.31. The maximum Gasteiger partial charge on any atom is 0.240 e. The molecule has 2 atom stereocenters. The monoisotopic (exact) mass is 496 g/mol. The number of fused-ring (bicyclic) bond motifs is 3. The van der Waals surface area contributed by atoms with Gasteiger partial charge in [0.1, 0.15) is 11.8 Å². The van der Waals surface area contributed by atoms with E-state index in [1.54, 1.807) is 18.2 Å². The van der Waals surface area contributed by atoms with Gasteiger partial charge in [-0.25, -0.2) is 4.99 Å². The first-order chi connectivity index (χ1) is 17.0. The number of benzene rings is 2. The minimum atomic E-state index is -0.0566. The number of likely N-dealkylation sites (tertiary alicyclic amines) is 1. The van der Waals surface area contributed by atoms with Crippen molar-refractivity contribution in [3.05, 3.63) is 64.2 Å². The molecule has 1 amide bonds. The first kappa shape index (κ1) is 25.0. The Balaban J connectivity index is 1.56. The van der Waals surface area contributed by atoms with E-state index in [9.17, 15) is 10.1 Å². The molecule has 1 saturated heterocycles. The lowest BCUT2D eigenvalue weighted by Gasteiger charge is -2.25. The number of hydrogen-bond acceptors (Lipinski definition) is 9. The molecule has 0 radical (unpaired) electrons. The predicted molar refractivity (Wildman–Crippen MR) is 131 cm³/mol. The fraction of sp³-hybridized carbons (Fsp3) is 0.400. The molecule has 0 bridgehead atoms. The largest absolute Gasteiger partial charge is 0.490 e. The molecule has 1 heterocycles. The van der Waals surface area contributed by atoms with Gasteiger partial charge in [0, 0.05) is 18.5 Å². The Labute approximate surface area is 208 Å². The van der Waals surface area contributed by atoms with Gasteiger partial charge in [0.2, 0.25) is 11.8 Å². The summed E-state index contributed by atoms with van der Waals surface area (Å²) in [6, 6.07) is 13.3. The third-order valence-electron chi connectivity index (χ3n) is 6.32. The fourth-order valence-electron chi connectivity index (χ4n) is 4.96. The number of hydrogen-bond donors (Lipinski definition) is 2. The topological polar surface area (TPSA) is 130 Å². The second-order valence-electron chi connectivity index (χ2n) is 8.81. The Morgan fingerprint density at radius 3 is 2.89 bits per heavy atom. The molecule has 2 unspecified atom stereocenters. The molecule has 2 aromatic carbocycles. The van der Waals surface area contributed by atoms with Gasteiger partial charge in [-0.05, 0) is 61.1 Å². The van der Waals surface area contributed by atoms with Gasteiger partial charge in [-0.2, -0.15) is 11.2 Å². The van der Waals surface area contributed by atoms with E-state index in [-0.39, 0.29) is 36.5 Å². The van der Waals surface area contributed by atoms with Gasteiger partial charge in [0.15, 0.2) is 12.3 Å². The summed E-state index contributed by atoms with van der Waals surface area (Å²) in [4.78, 5) is 24.1. The summed E-state index contributed by atoms with van der Waals surface area (Å²) < 4.78 is 19.5. The first-order valence-corrected chi connectivity index (χ1v) is 12.1. The van der Waals surface area contributed by atoms with E-state index in [1.807, 2.05) is 30.9 Å². The maximum atomic E-state index is 12.5. The van der Waals surface area contributed by atoms with Crippen molar-refractivity contribution in [2.45, 2.75) is 45.4 Å². The second kappa shape index (κ2) is 11.1. The number of carbonyl (C=O) groups is 1. The van der Waals surface area contributed by atoms with Gasteiger partial charge in [0.05, 0.1) is 30.9 Å². The van der Waals surface area contributed by atoms with E-state index in [0.717, 1.165) is 17.5 Å². The average Bonchev–Trinajstić information content (AvgIpc) is 3.35. The van der Waals surface area contributed by atoms with Crippen molar-refractivity contribution in [2.24, 2.45) is 16.8 Å². The minimum Gasteiger partial charge on any atom is -0.490 e. The molecule has 2 aromatic rings. The van der Waals surface area contributed by atoms with Gasteiger partial charge in [-0.1, -0.05) is 18.2 Å². The number of amides is 1. The third kappa shape index (κ3) is 5.28. The Morgan fingerprint density at radius 2 is 2.17 bits per heavy atom. The van der Waals surface area contributed by atoms with E-state index in [2.05, 4.69) is 17.1 Å². The molecular weight excluding hydrogens is 468 g/mol. The van der Waals surface area contributed by atoms with Crippen LogP contribution in [0.2, 0.25) is 0 Å². The Bertz CT molecular complexity index is 1160. The summed E-state index contributed by atoms with van der Waals surface area (Å²) in [7, 11) is 0. The van der Waals surface area contributed by atoms with Crippen LogP contribution >= 0.6 is 12.3 Å². The first-order valence-electron chi connectivity index (χ1n) is 11.4. The second-order valence-corrected chi connectivity index (χ2v) is 9.20. The highest BCUT2D eigenvalue weighted by molar-refractivity contribution is 7.88. The zero-order valence-electron chi connectivity index (χ0n) is 19.6. The van der Waals surface area contributed by atoms with Gasteiger partial charge in [0.25, 0.3) is 0 Å². The SMILES string of the molecule is CC(C)Oc1ccc(/C(=N/Cc2cccc3c2CC2CC(=O)N(CCOSO)C32)ON)cc1C#N. The molecule has 4 rings (SSSR count). The van der Waals surface area contributed by atoms with Crippen LogP contribution in [0, 0.1) is 17.2 Å². The molecule has 0 aromatic heterocycles. The molecule has 35 heavy (non-hydrogen) atoms. The standard InChI is InChI=1S/C25H28N4O5S/c1-15(2)33-22-7-6-16(10-19(22)13-26)25(34-27)28-14-17-4-3-5-20-21(17)11-18-12-23(30)29(24(18)20)8-9-32-35-31/h3-7,10,15,18,24,31H,8-9,11-12,14,27H2,1-2H3/b28-25-. The molecule has 1 fully saturated rings. The average molecular weight is 497 g/mol. The Morgan fingerprint density at radius 1 is 1.34 bits per heavy atom. The van der Waals surface area contributed by atoms with E-state index >= 15 is 0 Å². The minimum absolute atomic E-state index is 0.00522. The third-order valence-corrected chi connectivity index (χ3v) is 6.59. The van der Waals surface area contributed by atoms with Gasteiger partial charge in [-0.3, -0.25) is 8.98 Å². The quantitative estimate of drug-likeness (QED) is 0.176. The molecule has 3 N–H and O–H groups in total. The molecule has 1 aliphatic heterocycles. The predicted octanol–water partition coefficient (Wildman–Crippen LogP) is 3.77. The van der Waals surface area contributed by atoms with Crippen LogP contribution in [0.25, 0.3) is 0 Å². The summed E-state index contributed by atoms with van der Waals surface area (Å²) in [6.07, 6.45) is 1.23. The molecule has 1 aliphatic carbocycles. The van der Waals surface area contributed by atoms with Crippen molar-refractivity contribution < 1.29 is 23.1 Å². The van der Waals surface area contributed by atoms with Crippen LogP contribution in [0.3, 0.4) is 0 Å². The summed E-state index contributed by atoms with van der Waals surface area (Å²) in [5, 5.41) is 9.52. The normalized spacial score (nSPS) is 19.0. The number of carbonyl (C=O) groups excluding carboxylic acids is 1. The number of ether oxygens (including phenoxy) is 1. The van der Waals surface area contributed by atoms with Crippen LogP contribution in [-0.4, -0.2) is 40.5 Å². The highest BCUT2D eigenvalue weighted by Gasteiger charge is 2.45. The number of nitrogens with two attached hydrogens (primary N) is 1. The van der Waals surface area contributed by atoms with E-state index in [4.69, 9.17) is 24.2 Å². The van der Waals surface area contributed by atoms with Crippen molar-refractivity contribution in [1.29, 1.82) is 5.26 Å². The molecule has 0 spiro atoms. The maximum absolute atomic E-state index is 12.5. The van der Waals surface area contributed by atoms with Crippen LogP contribution < -0.4 is 10.6 Å². The number of nitrogens with zero attached hydrogens (tertiary/aromatic N) is 3. The van der Waals surface area contributed by atoms with Crippen LogP contribution in [0.4, 0.5) is 0 Å². The summed E-state index contributed by atoms with van der Waals surface area (Å²) in [5.41, 5.74) is 4.32. The Kier molecular flexibility index (Phi) is 7.93. The summed E-state index contributed by atoms with van der Waals surface area (Å²) in [6.45, 7) is 4.83. The van der Waals surface area contributed by atoms with Crippen molar-refractivity contribution in [3.8, 4) is 11.8 Å². The lowest BCUT2D eigenvalue weighted by atomic mass is 10.0. The summed E-state index contributed by atoms with van der Waals surface area (Å²) in [5.74, 6) is 6.58. The number of aliphatic imine (C=N–C) groups is 1. The fourth-order valence-corrected chi connectivity index (χ4v) is 5.11. The smallest absolute Gasteiger partial charge is 0.240 e. The van der Waals surface area contributed by atoms with Crippen molar-refractivity contribution >= 4 is 24.1 Å². The van der Waals surface area contributed by atoms with Crippen molar-refractivity contribution in [1.82, 2.24) is 4.90 Å². The van der Waals surface area contributed by atoms with Crippen molar-refractivity contribution in [3.63, 3.8) is 0 Å². The molecular formula is C25H28N4O5S. The Hall–Kier alpha value is -3.10. The van der Waals surface area contributed by atoms with Gasteiger partial charge < -0.3 is 19.0 Å². The van der Waals surface area contributed by atoms with Crippen LogP contribution in [0.15, 0.2) is 41.4 Å². The summed E-state index contributed by atoms with van der Waals surface area (Å²) >= 11 is 0.315. The highest BCUT2D eigenvalue weighted by Crippen LogP contribution is 2.47. The number of rotatable bonds is 9. The van der Waals surface area contributed by atoms with Crippen LogP contribution in [0.1, 0.15) is 54.1 Å². The van der Waals surface area contributed by atoms with E-state index < -0.39 is 0 Å². The zero-order chi connectivity index (χ0) is 24.9. The van der Waals surface area contributed by atoms with Gasteiger partial charge >= 0.3 is 0 Å². The molecule has 10 heteroatoms. The van der Waals surface area contributed by atoms with Crippen LogP contribution in [-0.2, 0) is 26.8 Å². The lowest BCUT2D eigenvalue weighted by molar-refractivity contribution is -0.129. The highest BCUT2D eigenvalue weighted by atomic mass is 32.2. The molecule has 184 valence electrons. The van der Waals surface area contributed by atoms with Gasteiger partial charge in [-0.15, -0.1) is 0 Å². The van der Waals surface area contributed by atoms with Crippen LogP contribution in [0.5, 0.6) is 5.75 Å². The zero-order valence-corrected chi connectivity index (χ0v) is 20.5. The van der Waals surface area contributed by atoms with Crippen molar-refractivity contribution in [2.75, 3.05) is 13.2 Å². The van der Waals surface area contributed by atoms with E-state index in [1.165, 1.54) is 5.56 Å². The molecule has 2 aliphatic rings. The molecule has 0 saturated carbocycles. The number of nitriles is 1. The van der Waals surface area contributed by atoms with E-state index in [0.29, 0.717) is 48.7 Å².